The Balaban J connectivity index is 2.22. The van der Waals surface area contributed by atoms with Crippen LogP contribution in [0.25, 0.3) is 0 Å². The van der Waals surface area contributed by atoms with Crippen molar-refractivity contribution >= 4 is 0 Å². The zero-order valence-corrected chi connectivity index (χ0v) is 10.2. The summed E-state index contributed by atoms with van der Waals surface area (Å²) >= 11 is 0. The van der Waals surface area contributed by atoms with Gasteiger partial charge < -0.3 is 4.57 Å². The van der Waals surface area contributed by atoms with Crippen LogP contribution in [0.1, 0.15) is 23.0 Å². The van der Waals surface area contributed by atoms with E-state index in [-0.39, 0.29) is 6.04 Å². The monoisotopic (exact) mass is 230 g/mol. The summed E-state index contributed by atoms with van der Waals surface area (Å²) in [5, 5.41) is 0. The molecule has 1 unspecified atom stereocenters. The molecule has 1 aromatic carbocycles. The van der Waals surface area contributed by atoms with Crippen molar-refractivity contribution in [2.75, 3.05) is 0 Å². The van der Waals surface area contributed by atoms with Gasteiger partial charge >= 0.3 is 0 Å². The number of hydrogen-bond acceptors (Lipinski definition) is 3. The third-order valence-electron chi connectivity index (χ3n) is 3.06. The molecule has 2 aromatic rings. The second-order valence-corrected chi connectivity index (χ2v) is 4.25. The van der Waals surface area contributed by atoms with Crippen LogP contribution in [0.5, 0.6) is 0 Å². The lowest BCUT2D eigenvalue weighted by atomic mass is 10.0. The summed E-state index contributed by atoms with van der Waals surface area (Å²) in [5.74, 6) is 6.58. The van der Waals surface area contributed by atoms with Crippen molar-refractivity contribution in [3.8, 4) is 0 Å². The SMILES string of the molecule is Cc1ccccc1CC(NN)c1nccn1C. The smallest absolute Gasteiger partial charge is 0.127 e. The zero-order chi connectivity index (χ0) is 12.3. The first-order valence-corrected chi connectivity index (χ1v) is 5.70. The molecule has 1 heterocycles. The largest absolute Gasteiger partial charge is 0.337 e. The number of hydrogen-bond donors (Lipinski definition) is 2. The molecule has 4 heteroatoms. The zero-order valence-electron chi connectivity index (χ0n) is 10.2. The van der Waals surface area contributed by atoms with Gasteiger partial charge in [-0.05, 0) is 24.5 Å². The van der Waals surface area contributed by atoms with Gasteiger partial charge in [-0.1, -0.05) is 24.3 Å². The number of rotatable bonds is 4. The number of aryl methyl sites for hydroxylation is 2. The van der Waals surface area contributed by atoms with Crippen molar-refractivity contribution in [1.82, 2.24) is 15.0 Å². The van der Waals surface area contributed by atoms with Crippen LogP contribution in [0.4, 0.5) is 0 Å². The van der Waals surface area contributed by atoms with Crippen molar-refractivity contribution in [2.24, 2.45) is 12.9 Å². The van der Waals surface area contributed by atoms with E-state index in [2.05, 4.69) is 29.5 Å². The number of aromatic nitrogens is 2. The van der Waals surface area contributed by atoms with Crippen LogP contribution in [0.3, 0.4) is 0 Å². The van der Waals surface area contributed by atoms with E-state index in [1.165, 1.54) is 11.1 Å². The lowest BCUT2D eigenvalue weighted by Crippen LogP contribution is -2.31. The molecule has 0 bridgehead atoms. The van der Waals surface area contributed by atoms with Gasteiger partial charge in [0.2, 0.25) is 0 Å². The molecule has 1 atom stereocenters. The minimum atomic E-state index is 0.0381. The second-order valence-electron chi connectivity index (χ2n) is 4.25. The van der Waals surface area contributed by atoms with Crippen LogP contribution in [0.2, 0.25) is 0 Å². The Morgan fingerprint density at radius 3 is 2.76 bits per heavy atom. The normalized spacial score (nSPS) is 12.6. The fourth-order valence-electron chi connectivity index (χ4n) is 2.00. The number of nitrogens with two attached hydrogens (primary N) is 1. The molecular formula is C13H18N4. The predicted molar refractivity (Wildman–Crippen MR) is 68.2 cm³/mol. The Morgan fingerprint density at radius 2 is 2.18 bits per heavy atom. The second kappa shape index (κ2) is 5.12. The van der Waals surface area contributed by atoms with Crippen LogP contribution in [0.15, 0.2) is 36.7 Å². The molecule has 0 spiro atoms. The molecule has 2 rings (SSSR count). The van der Waals surface area contributed by atoms with Crippen molar-refractivity contribution < 1.29 is 0 Å². The van der Waals surface area contributed by atoms with Crippen LogP contribution < -0.4 is 11.3 Å². The number of benzene rings is 1. The van der Waals surface area contributed by atoms with Gasteiger partial charge in [0.05, 0.1) is 6.04 Å². The number of nitrogens with one attached hydrogen (secondary N) is 1. The van der Waals surface area contributed by atoms with Gasteiger partial charge in [0.25, 0.3) is 0 Å². The van der Waals surface area contributed by atoms with E-state index in [0.717, 1.165) is 12.2 Å². The van der Waals surface area contributed by atoms with Crippen molar-refractivity contribution in [1.29, 1.82) is 0 Å². The summed E-state index contributed by atoms with van der Waals surface area (Å²) in [4.78, 5) is 4.33. The molecular weight excluding hydrogens is 212 g/mol. The van der Waals surface area contributed by atoms with E-state index in [1.54, 1.807) is 6.20 Å². The van der Waals surface area contributed by atoms with Gasteiger partial charge in [0.1, 0.15) is 5.82 Å². The minimum Gasteiger partial charge on any atom is -0.337 e. The van der Waals surface area contributed by atoms with Crippen molar-refractivity contribution in [3.63, 3.8) is 0 Å². The predicted octanol–water partition coefficient (Wildman–Crippen LogP) is 1.48. The number of hydrazine groups is 1. The van der Waals surface area contributed by atoms with E-state index < -0.39 is 0 Å². The molecule has 0 amide bonds. The molecule has 0 aliphatic carbocycles. The van der Waals surface area contributed by atoms with Crippen molar-refractivity contribution in [3.05, 3.63) is 53.6 Å². The average molecular weight is 230 g/mol. The van der Waals surface area contributed by atoms with Gasteiger partial charge in [0, 0.05) is 19.4 Å². The average Bonchev–Trinajstić information content (AvgIpc) is 2.75. The molecule has 0 saturated carbocycles. The fraction of sp³-hybridized carbons (Fsp3) is 0.308. The molecule has 1 aromatic heterocycles. The lowest BCUT2D eigenvalue weighted by molar-refractivity contribution is 0.506. The standard InChI is InChI=1S/C13H18N4/c1-10-5-3-4-6-11(10)9-12(16-14)13-15-7-8-17(13)2/h3-8,12,16H,9,14H2,1-2H3. The molecule has 0 aliphatic heterocycles. The van der Waals surface area contributed by atoms with Crippen LogP contribution in [-0.4, -0.2) is 9.55 Å². The van der Waals surface area contributed by atoms with Gasteiger partial charge in [0.15, 0.2) is 0 Å². The summed E-state index contributed by atoms with van der Waals surface area (Å²) in [6.07, 6.45) is 4.56. The number of imidazole rings is 1. The topological polar surface area (TPSA) is 55.9 Å². The highest BCUT2D eigenvalue weighted by atomic mass is 15.3. The molecule has 17 heavy (non-hydrogen) atoms. The van der Waals surface area contributed by atoms with Crippen LogP contribution >= 0.6 is 0 Å². The molecule has 0 radical (unpaired) electrons. The minimum absolute atomic E-state index is 0.0381. The maximum atomic E-state index is 5.63. The summed E-state index contributed by atoms with van der Waals surface area (Å²) in [6.45, 7) is 2.11. The van der Waals surface area contributed by atoms with E-state index in [1.807, 2.05) is 29.9 Å². The lowest BCUT2D eigenvalue weighted by Gasteiger charge is -2.16. The molecule has 3 N–H and O–H groups in total. The fourth-order valence-corrected chi connectivity index (χ4v) is 2.00. The van der Waals surface area contributed by atoms with Crippen LogP contribution in [0, 0.1) is 6.92 Å². The highest BCUT2D eigenvalue weighted by Gasteiger charge is 2.15. The van der Waals surface area contributed by atoms with E-state index in [4.69, 9.17) is 5.84 Å². The quantitative estimate of drug-likeness (QED) is 0.618. The number of nitrogens with zero attached hydrogens (tertiary/aromatic N) is 2. The molecule has 0 fully saturated rings. The maximum absolute atomic E-state index is 5.63. The first kappa shape index (κ1) is 11.8. The summed E-state index contributed by atoms with van der Waals surface area (Å²) in [7, 11) is 1.98. The summed E-state index contributed by atoms with van der Waals surface area (Å²) < 4.78 is 1.99. The van der Waals surface area contributed by atoms with Gasteiger partial charge in [-0.15, -0.1) is 0 Å². The van der Waals surface area contributed by atoms with Gasteiger partial charge in [-0.25, -0.2) is 10.4 Å². The molecule has 90 valence electrons. The van der Waals surface area contributed by atoms with Crippen molar-refractivity contribution in [2.45, 2.75) is 19.4 Å². The Kier molecular flexibility index (Phi) is 3.56. The summed E-state index contributed by atoms with van der Waals surface area (Å²) in [5.41, 5.74) is 5.41. The maximum Gasteiger partial charge on any atom is 0.127 e. The Hall–Kier alpha value is -1.65. The van der Waals surface area contributed by atoms with Gasteiger partial charge in [-0.3, -0.25) is 5.84 Å². The third kappa shape index (κ3) is 2.54. The Morgan fingerprint density at radius 1 is 1.41 bits per heavy atom. The van der Waals surface area contributed by atoms with E-state index >= 15 is 0 Å². The van der Waals surface area contributed by atoms with E-state index in [9.17, 15) is 0 Å². The van der Waals surface area contributed by atoms with Gasteiger partial charge in [-0.2, -0.15) is 0 Å². The molecule has 0 saturated heterocycles. The molecule has 0 aliphatic rings. The highest BCUT2D eigenvalue weighted by molar-refractivity contribution is 5.27. The first-order valence-electron chi connectivity index (χ1n) is 5.70. The van der Waals surface area contributed by atoms with E-state index in [0.29, 0.717) is 0 Å². The molecule has 4 nitrogen and oxygen atoms in total. The summed E-state index contributed by atoms with van der Waals surface area (Å²) in [6, 6.07) is 8.37. The third-order valence-corrected chi connectivity index (χ3v) is 3.06. The Labute approximate surface area is 101 Å². The van der Waals surface area contributed by atoms with Crippen LogP contribution in [-0.2, 0) is 13.5 Å². The Bertz CT molecular complexity index is 490. The first-order chi connectivity index (χ1) is 8.22. The highest BCUT2D eigenvalue weighted by Crippen LogP contribution is 2.18.